The minimum absolute atomic E-state index is 0. The van der Waals surface area contributed by atoms with Crippen LogP contribution in [0.2, 0.25) is 0 Å². The number of ether oxygens (including phenoxy) is 2. The maximum atomic E-state index is 14.2. The van der Waals surface area contributed by atoms with E-state index in [0.29, 0.717) is 48.5 Å². The van der Waals surface area contributed by atoms with E-state index in [1.54, 1.807) is 0 Å². The van der Waals surface area contributed by atoms with E-state index in [1.807, 2.05) is 0 Å². The number of rotatable bonds is 24. The third-order valence-electron chi connectivity index (χ3n) is 10.3. The Morgan fingerprint density at radius 3 is 0.862 bits per heavy atom. The van der Waals surface area contributed by atoms with Crippen molar-refractivity contribution in [2.24, 2.45) is 0 Å². The van der Waals surface area contributed by atoms with Crippen LogP contribution in [-0.2, 0) is 96.4 Å². The van der Waals surface area contributed by atoms with E-state index in [2.05, 4.69) is 33.5 Å². The van der Waals surface area contributed by atoms with Crippen LogP contribution in [0.1, 0.15) is 22.3 Å². The molecule has 0 N–H and O–H groups in total. The van der Waals surface area contributed by atoms with Crippen LogP contribution in [0.4, 0.5) is 0 Å². The molecule has 0 aliphatic rings. The molecule has 0 spiro atoms. The molecule has 2 heterocycles. The van der Waals surface area contributed by atoms with Gasteiger partial charge in [-0.15, -0.1) is 0 Å². The molecule has 54 heteroatoms. The van der Waals surface area contributed by atoms with E-state index in [9.17, 15) is 113 Å². The molecule has 0 atom stereocenters. The first-order chi connectivity index (χ1) is 39.2. The summed E-state index contributed by atoms with van der Waals surface area (Å²) in [7, 11) is -46.8. The SMILES string of the molecule is Cc1cc(COc2cc(OS(=O)(=O)[O-])cc3oc(-c4ccc(OS(=O)(=O)[O-])c(OS(=O)(=O)[O-])c4)c(OS(=O)(=O)[O-])c(=O)c23)c(C)cc1COc1cc(OS(=O)(=O)[O-])cc2oc(-c3ccc(OS(=O)(=O)[O-])c(OS(=O)(=O)[O-])c3)c(OS(=O)(=O)[O-])c(=O)c12.[Na+].[Na+].[Na+].[Na+].[Na+].[Na+].[Na+].[Na+]. The number of aryl methyl sites for hydroxylation is 2. The first kappa shape index (κ1) is 95.9. The molecule has 0 radical (unpaired) electrons. The number of benzene rings is 5. The van der Waals surface area contributed by atoms with E-state index >= 15 is 0 Å². The fraction of sp³-hybridized carbons (Fsp3) is 0.100. The molecule has 7 aromatic rings. The average Bonchev–Trinajstić information content (AvgIpc) is 0.897. The minimum Gasteiger partial charge on any atom is -0.716 e. The molecular weight excluding hydrogens is 1530 g/mol. The van der Waals surface area contributed by atoms with Crippen molar-refractivity contribution in [3.8, 4) is 80.1 Å². The summed E-state index contributed by atoms with van der Waals surface area (Å²) in [5, 5.41) is -1.90. The van der Waals surface area contributed by atoms with Gasteiger partial charge >= 0.3 is 236 Å². The van der Waals surface area contributed by atoms with Crippen LogP contribution < -0.4 is 290 Å². The summed E-state index contributed by atoms with van der Waals surface area (Å²) in [6, 6.07) is 7.27. The Morgan fingerprint density at radius 2 is 0.596 bits per heavy atom. The molecule has 0 aliphatic carbocycles. The standard InChI is InChI=1S/C40H30O38S8.8Na/c1-17-7-22(16-68-30-12-24(72-80(46,47)48)14-32-34(30)36(42)40(78-86(64,65)66)38(70-32)20-4-6-26(74-82(52,53)54)28(10-20)76-84(58,59)60)18(2)8-21(17)15-67-29-11-23(71-79(43,44)45)13-31-33(29)35(41)39(77-85(61,62)63)37(69-31)19-3-5-25(73-81(49,50)51)27(9-19)75-83(55,56)57;;;;;;;;/h3-14H,15-16H2,1-2H3,(H,43,44,45)(H,46,47,48)(H,49,50,51)(H,52,53,54)(H,55,56,57)(H,58,59,60)(H,61,62,63)(H,64,65,66);;;;;;;;/q;8*+1/p-8. The van der Waals surface area contributed by atoms with Gasteiger partial charge in [0, 0.05) is 35.4 Å². The Bertz CT molecular complexity index is 4780. The Hall–Kier alpha value is -0.200. The molecule has 7 rings (SSSR count). The molecule has 0 saturated carbocycles. The second-order valence-electron chi connectivity index (χ2n) is 16.3. The maximum Gasteiger partial charge on any atom is 1.00 e. The number of fused-ring (bicyclic) bond motifs is 2. The Morgan fingerprint density at radius 1 is 0.330 bits per heavy atom. The Labute approximate surface area is 708 Å². The third kappa shape index (κ3) is 28.2. The zero-order chi connectivity index (χ0) is 64.2. The van der Waals surface area contributed by atoms with E-state index in [-0.39, 0.29) is 271 Å². The molecule has 0 unspecified atom stereocenters. The van der Waals surface area contributed by atoms with Crippen LogP contribution in [0.25, 0.3) is 44.6 Å². The summed E-state index contributed by atoms with van der Waals surface area (Å²) in [4.78, 5) is 28.4. The molecule has 94 heavy (non-hydrogen) atoms. The molecule has 2 aromatic heterocycles. The topological polar surface area (TPSA) is 610 Å². The van der Waals surface area contributed by atoms with Crippen molar-refractivity contribution >= 4 is 105 Å². The number of hydrogen-bond acceptors (Lipinski definition) is 38. The van der Waals surface area contributed by atoms with Crippen molar-refractivity contribution in [3.05, 3.63) is 115 Å². The first-order valence-corrected chi connectivity index (χ1v) is 32.0. The summed E-state index contributed by atoms with van der Waals surface area (Å²) >= 11 is 0. The van der Waals surface area contributed by atoms with Gasteiger partial charge in [-0.2, -0.15) is 0 Å². The first-order valence-electron chi connectivity index (χ1n) is 21.3. The fourth-order valence-electron chi connectivity index (χ4n) is 7.35. The van der Waals surface area contributed by atoms with Crippen molar-refractivity contribution in [1.29, 1.82) is 0 Å². The van der Waals surface area contributed by atoms with Crippen LogP contribution in [0, 0.1) is 13.8 Å². The summed E-state index contributed by atoms with van der Waals surface area (Å²) < 4.78 is 336. The molecule has 0 fully saturated rings. The summed E-state index contributed by atoms with van der Waals surface area (Å²) in [6.45, 7) is 1.28. The fourth-order valence-corrected chi connectivity index (χ4v) is 10.1. The summed E-state index contributed by atoms with van der Waals surface area (Å²) in [5.74, 6) is -15.0. The second-order valence-corrected chi connectivity index (χ2v) is 24.2. The predicted molar refractivity (Wildman–Crippen MR) is 263 cm³/mol. The molecular formula is C40H22Na8O38S8. The quantitative estimate of drug-likeness (QED) is 0.0308. The molecule has 0 bridgehead atoms. The van der Waals surface area contributed by atoms with Gasteiger partial charge in [-0.3, -0.25) is 9.59 Å². The third-order valence-corrected chi connectivity index (χ3v) is 13.4. The van der Waals surface area contributed by atoms with Crippen LogP contribution >= 0.6 is 0 Å². The van der Waals surface area contributed by atoms with E-state index < -0.39 is 209 Å². The van der Waals surface area contributed by atoms with Crippen LogP contribution in [0.3, 0.4) is 0 Å². The molecule has 0 amide bonds. The summed E-state index contributed by atoms with van der Waals surface area (Å²) in [6.07, 6.45) is 0. The van der Waals surface area contributed by atoms with E-state index in [4.69, 9.17) is 18.3 Å². The van der Waals surface area contributed by atoms with Gasteiger partial charge in [0.1, 0.15) is 58.2 Å². The monoisotopic (exact) mass is 1550 g/mol. The van der Waals surface area contributed by atoms with Crippen molar-refractivity contribution in [1.82, 2.24) is 0 Å². The Kier molecular flexibility index (Phi) is 37.5. The largest absolute Gasteiger partial charge is 1.00 e. The molecule has 0 saturated heterocycles. The maximum absolute atomic E-state index is 14.2. The van der Waals surface area contributed by atoms with Gasteiger partial charge in [-0.25, -0.2) is 67.3 Å². The van der Waals surface area contributed by atoms with Crippen LogP contribution in [0.15, 0.2) is 91.2 Å². The minimum atomic E-state index is -6.05. The average molecular weight is 1550 g/mol. The zero-order valence-corrected chi connectivity index (χ0v) is 71.7. The molecule has 38 nitrogen and oxygen atoms in total. The molecule has 5 aromatic carbocycles. The van der Waals surface area contributed by atoms with Crippen molar-refractivity contribution < 1.29 is 392 Å². The van der Waals surface area contributed by atoms with Gasteiger partial charge in [0.25, 0.3) is 83.2 Å². The van der Waals surface area contributed by atoms with Gasteiger partial charge in [0.05, 0.1) is 0 Å². The predicted octanol–water partition coefficient (Wildman–Crippen LogP) is -24.2. The number of hydrogen-bond donors (Lipinski definition) is 0. The summed E-state index contributed by atoms with van der Waals surface area (Å²) in [5.41, 5.74) is -6.43. The van der Waals surface area contributed by atoms with Crippen molar-refractivity contribution in [2.75, 3.05) is 0 Å². The van der Waals surface area contributed by atoms with Crippen molar-refractivity contribution in [2.45, 2.75) is 27.1 Å². The second kappa shape index (κ2) is 36.8. The van der Waals surface area contributed by atoms with Gasteiger partial charge < -0.3 is 88.2 Å². The van der Waals surface area contributed by atoms with Crippen molar-refractivity contribution in [3.63, 3.8) is 0 Å². The normalized spacial score (nSPS) is 11.7. The molecule has 466 valence electrons. The van der Waals surface area contributed by atoms with E-state index in [0.717, 1.165) is 0 Å². The van der Waals surface area contributed by atoms with Gasteiger partial charge in [-0.1, -0.05) is 12.1 Å². The Balaban J connectivity index is 0. The van der Waals surface area contributed by atoms with Gasteiger partial charge in [0.2, 0.25) is 22.4 Å². The van der Waals surface area contributed by atoms with Gasteiger partial charge in [0.15, 0.2) is 34.5 Å². The zero-order valence-electron chi connectivity index (χ0n) is 49.1. The molecule has 0 aliphatic heterocycles. The van der Waals surface area contributed by atoms with E-state index in [1.165, 1.54) is 26.0 Å². The van der Waals surface area contributed by atoms with Crippen LogP contribution in [0.5, 0.6) is 57.5 Å². The van der Waals surface area contributed by atoms with Gasteiger partial charge in [-0.05, 0) is 72.5 Å². The van der Waals surface area contributed by atoms with Crippen LogP contribution in [-0.4, -0.2) is 104 Å². The smallest absolute Gasteiger partial charge is 0.716 e.